The highest BCUT2D eigenvalue weighted by Crippen LogP contribution is 2.44. The Morgan fingerprint density at radius 2 is 1.50 bits per heavy atom. The van der Waals surface area contributed by atoms with Crippen molar-refractivity contribution in [3.63, 3.8) is 0 Å². The summed E-state index contributed by atoms with van der Waals surface area (Å²) in [5.74, 6) is 0.0443. The number of anilines is 2. The largest absolute Gasteiger partial charge is 0.397 e. The minimum absolute atomic E-state index is 0.0443. The van der Waals surface area contributed by atoms with Gasteiger partial charge in [-0.05, 0) is 17.0 Å². The van der Waals surface area contributed by atoms with Gasteiger partial charge in [-0.15, -0.1) is 0 Å². The van der Waals surface area contributed by atoms with Gasteiger partial charge in [0.2, 0.25) is 0 Å². The quantitative estimate of drug-likeness (QED) is 0.477. The van der Waals surface area contributed by atoms with Gasteiger partial charge in [-0.1, -0.05) is 42.5 Å². The van der Waals surface area contributed by atoms with Crippen LogP contribution in [0.15, 0.2) is 48.5 Å². The Hall–Kier alpha value is -2.81. The topological polar surface area (TPSA) is 69.1 Å². The lowest BCUT2D eigenvalue weighted by Gasteiger charge is -2.22. The lowest BCUT2D eigenvalue weighted by molar-refractivity contribution is 0.104. The van der Waals surface area contributed by atoms with Gasteiger partial charge in [0.15, 0.2) is 5.78 Å². The van der Waals surface area contributed by atoms with Crippen LogP contribution in [0.5, 0.6) is 0 Å². The van der Waals surface area contributed by atoms with Crippen LogP contribution in [0.3, 0.4) is 0 Å². The molecule has 0 radical (unpaired) electrons. The maximum Gasteiger partial charge on any atom is 0.194 e. The minimum Gasteiger partial charge on any atom is -0.397 e. The lowest BCUT2D eigenvalue weighted by Crippen LogP contribution is -2.12. The molecule has 0 atom stereocenters. The average molecular weight is 260 g/mol. The van der Waals surface area contributed by atoms with E-state index >= 15 is 0 Å². The fourth-order valence-corrected chi connectivity index (χ4v) is 3.01. The van der Waals surface area contributed by atoms with E-state index in [1.54, 1.807) is 0 Å². The van der Waals surface area contributed by atoms with Gasteiger partial charge in [0.1, 0.15) is 0 Å². The van der Waals surface area contributed by atoms with E-state index in [9.17, 15) is 4.79 Å². The van der Waals surface area contributed by atoms with E-state index in [1.807, 2.05) is 48.5 Å². The molecule has 1 aliphatic carbocycles. The maximum absolute atomic E-state index is 12.6. The molecule has 20 heavy (non-hydrogen) atoms. The fourth-order valence-electron chi connectivity index (χ4n) is 3.01. The first-order valence-electron chi connectivity index (χ1n) is 6.43. The van der Waals surface area contributed by atoms with Gasteiger partial charge in [-0.2, -0.15) is 0 Å². The number of nitrogen functional groups attached to an aromatic ring is 2. The number of carbonyl (C=O) groups is 1. The summed E-state index contributed by atoms with van der Waals surface area (Å²) in [5.41, 5.74) is 16.4. The van der Waals surface area contributed by atoms with Crippen LogP contribution in [-0.2, 0) is 0 Å². The van der Waals surface area contributed by atoms with Crippen molar-refractivity contribution >= 4 is 27.9 Å². The number of hydrogen-bond donors (Lipinski definition) is 2. The molecule has 4 N–H and O–H groups in total. The van der Waals surface area contributed by atoms with Crippen LogP contribution in [-0.4, -0.2) is 5.78 Å². The van der Waals surface area contributed by atoms with Gasteiger partial charge in [0.05, 0.1) is 11.4 Å². The SMILES string of the molecule is Nc1cc2cccc3c2c(c1N)-c1ccccc1C3=O. The highest BCUT2D eigenvalue weighted by atomic mass is 16.1. The molecule has 3 aromatic rings. The summed E-state index contributed by atoms with van der Waals surface area (Å²) >= 11 is 0. The number of benzene rings is 3. The predicted octanol–water partition coefficient (Wildman–Crippen LogP) is 3.22. The smallest absolute Gasteiger partial charge is 0.194 e. The van der Waals surface area contributed by atoms with Gasteiger partial charge < -0.3 is 11.5 Å². The van der Waals surface area contributed by atoms with E-state index in [4.69, 9.17) is 11.5 Å². The number of fused-ring (bicyclic) bond motifs is 2. The Balaban J connectivity index is 2.32. The lowest BCUT2D eigenvalue weighted by atomic mass is 9.82. The van der Waals surface area contributed by atoms with Crippen LogP contribution >= 0.6 is 0 Å². The Labute approximate surface area is 115 Å². The number of carbonyl (C=O) groups excluding carboxylic acids is 1. The van der Waals surface area contributed by atoms with Crippen molar-refractivity contribution in [2.24, 2.45) is 0 Å². The van der Waals surface area contributed by atoms with E-state index in [0.717, 1.165) is 21.9 Å². The normalized spacial score (nSPS) is 12.5. The van der Waals surface area contributed by atoms with Gasteiger partial charge in [0, 0.05) is 22.1 Å². The highest BCUT2D eigenvalue weighted by Gasteiger charge is 2.26. The molecule has 0 aliphatic heterocycles. The second kappa shape index (κ2) is 3.61. The standard InChI is InChI=1S/C17H12N2O/c18-13-8-9-4-3-7-12-14(9)15(16(13)19)10-5-1-2-6-11(10)17(12)20/h1-8H,18-19H2. The molecule has 0 heterocycles. The summed E-state index contributed by atoms with van der Waals surface area (Å²) in [7, 11) is 0. The van der Waals surface area contributed by atoms with Gasteiger partial charge in [0.25, 0.3) is 0 Å². The first-order valence-corrected chi connectivity index (χ1v) is 6.43. The van der Waals surface area contributed by atoms with E-state index in [-0.39, 0.29) is 5.78 Å². The van der Waals surface area contributed by atoms with Crippen LogP contribution in [0.1, 0.15) is 15.9 Å². The average Bonchev–Trinajstić information content (AvgIpc) is 2.47. The van der Waals surface area contributed by atoms with Crippen molar-refractivity contribution in [3.05, 3.63) is 59.7 Å². The van der Waals surface area contributed by atoms with Gasteiger partial charge >= 0.3 is 0 Å². The number of ketones is 1. The van der Waals surface area contributed by atoms with Crippen LogP contribution in [0.2, 0.25) is 0 Å². The predicted molar refractivity (Wildman–Crippen MR) is 81.6 cm³/mol. The third-order valence-corrected chi connectivity index (χ3v) is 3.92. The van der Waals surface area contributed by atoms with Gasteiger partial charge in [-0.25, -0.2) is 0 Å². The molecule has 3 aromatic carbocycles. The first kappa shape index (κ1) is 11.1. The maximum atomic E-state index is 12.6. The highest BCUT2D eigenvalue weighted by molar-refractivity contribution is 6.28. The zero-order chi connectivity index (χ0) is 13.9. The first-order chi connectivity index (χ1) is 9.68. The molecule has 3 nitrogen and oxygen atoms in total. The second-order valence-corrected chi connectivity index (χ2v) is 5.03. The van der Waals surface area contributed by atoms with Crippen LogP contribution < -0.4 is 11.5 Å². The summed E-state index contributed by atoms with van der Waals surface area (Å²) < 4.78 is 0. The molecule has 96 valence electrons. The molecule has 0 saturated heterocycles. The second-order valence-electron chi connectivity index (χ2n) is 5.03. The Bertz CT molecular complexity index is 897. The van der Waals surface area contributed by atoms with Crippen molar-refractivity contribution in [1.82, 2.24) is 0 Å². The molecule has 0 spiro atoms. The van der Waals surface area contributed by atoms with Crippen LogP contribution in [0, 0.1) is 0 Å². The van der Waals surface area contributed by atoms with Crippen molar-refractivity contribution in [2.45, 2.75) is 0 Å². The third-order valence-electron chi connectivity index (χ3n) is 3.92. The summed E-state index contributed by atoms with van der Waals surface area (Å²) in [6, 6.07) is 15.1. The Morgan fingerprint density at radius 1 is 0.800 bits per heavy atom. The molecule has 0 fully saturated rings. The molecule has 1 aliphatic rings. The van der Waals surface area contributed by atoms with E-state index in [2.05, 4.69) is 0 Å². The van der Waals surface area contributed by atoms with Gasteiger partial charge in [-0.3, -0.25) is 4.79 Å². The summed E-state index contributed by atoms with van der Waals surface area (Å²) in [6.45, 7) is 0. The monoisotopic (exact) mass is 260 g/mol. The molecule has 0 unspecified atom stereocenters. The Kier molecular flexibility index (Phi) is 1.99. The van der Waals surface area contributed by atoms with Crippen molar-refractivity contribution in [3.8, 4) is 11.1 Å². The molecule has 0 amide bonds. The molecule has 0 saturated carbocycles. The fraction of sp³-hybridized carbons (Fsp3) is 0. The van der Waals surface area contributed by atoms with Crippen molar-refractivity contribution in [2.75, 3.05) is 11.5 Å². The summed E-state index contributed by atoms with van der Waals surface area (Å²) in [4.78, 5) is 12.6. The number of rotatable bonds is 0. The zero-order valence-corrected chi connectivity index (χ0v) is 10.7. The molecule has 3 heteroatoms. The van der Waals surface area contributed by atoms with E-state index in [1.165, 1.54) is 0 Å². The molecule has 0 bridgehead atoms. The van der Waals surface area contributed by atoms with E-state index < -0.39 is 0 Å². The van der Waals surface area contributed by atoms with Crippen molar-refractivity contribution < 1.29 is 4.79 Å². The molecule has 0 aromatic heterocycles. The summed E-state index contributed by atoms with van der Waals surface area (Å²) in [5, 5.41) is 1.86. The van der Waals surface area contributed by atoms with E-state index in [0.29, 0.717) is 22.5 Å². The summed E-state index contributed by atoms with van der Waals surface area (Å²) in [6.07, 6.45) is 0. The molecule has 4 rings (SSSR count). The molecular formula is C17H12N2O. The minimum atomic E-state index is 0.0443. The number of nitrogens with two attached hydrogens (primary N) is 2. The van der Waals surface area contributed by atoms with Crippen LogP contribution in [0.25, 0.3) is 21.9 Å². The van der Waals surface area contributed by atoms with Crippen molar-refractivity contribution in [1.29, 1.82) is 0 Å². The number of hydrogen-bond acceptors (Lipinski definition) is 3. The van der Waals surface area contributed by atoms with Crippen LogP contribution in [0.4, 0.5) is 11.4 Å². The Morgan fingerprint density at radius 3 is 2.30 bits per heavy atom. The zero-order valence-electron chi connectivity index (χ0n) is 10.7. The third kappa shape index (κ3) is 1.21. The molecular weight excluding hydrogens is 248 g/mol.